The number of hydrogen-bond donors (Lipinski definition) is 1. The zero-order chi connectivity index (χ0) is 19.4. The molecule has 1 unspecified atom stereocenters. The Morgan fingerprint density at radius 1 is 1.26 bits per heavy atom. The van der Waals surface area contributed by atoms with Gasteiger partial charge in [-0.15, -0.1) is 0 Å². The van der Waals surface area contributed by atoms with E-state index in [1.165, 1.54) is 11.8 Å². The van der Waals surface area contributed by atoms with Gasteiger partial charge in [-0.05, 0) is 32.0 Å². The number of hydrogen-bond acceptors (Lipinski definition) is 6. The minimum atomic E-state index is -0.679. The lowest BCUT2D eigenvalue weighted by Gasteiger charge is -2.33. The zero-order valence-corrected chi connectivity index (χ0v) is 15.7. The van der Waals surface area contributed by atoms with E-state index >= 15 is 0 Å². The summed E-state index contributed by atoms with van der Waals surface area (Å²) in [6, 6.07) is 4.92. The van der Waals surface area contributed by atoms with E-state index in [9.17, 15) is 14.4 Å². The van der Waals surface area contributed by atoms with Gasteiger partial charge in [-0.25, -0.2) is 0 Å². The third kappa shape index (κ3) is 4.64. The van der Waals surface area contributed by atoms with E-state index in [2.05, 4.69) is 10.2 Å². The molecule has 0 saturated carbocycles. The van der Waals surface area contributed by atoms with Crippen molar-refractivity contribution < 1.29 is 23.9 Å². The quantitative estimate of drug-likeness (QED) is 0.727. The summed E-state index contributed by atoms with van der Waals surface area (Å²) < 4.78 is 10.9. The van der Waals surface area contributed by atoms with Crippen LogP contribution in [0.4, 0.5) is 5.69 Å². The highest BCUT2D eigenvalue weighted by molar-refractivity contribution is 6.05. The normalized spacial score (nSPS) is 20.0. The number of nitrogens with zero attached hydrogens (tertiary/aromatic N) is 2. The first-order valence-electron chi connectivity index (χ1n) is 9.15. The van der Waals surface area contributed by atoms with Crippen LogP contribution in [0, 0.1) is 0 Å². The number of ether oxygens (including phenoxy) is 2. The van der Waals surface area contributed by atoms with E-state index in [1.54, 1.807) is 25.1 Å². The second kappa shape index (κ2) is 8.49. The fraction of sp³-hybridized carbons (Fsp3) is 0.526. The number of ketones is 1. The number of fused-ring (bicyclic) bond motifs is 1. The SMILES string of the molecule is CC(=O)c1ccc2c(c1)N(CC(=O)NCCN1CCOCC1)C(=O)C(C)O2. The molecule has 0 bridgehead atoms. The van der Waals surface area contributed by atoms with Gasteiger partial charge in [0.25, 0.3) is 5.91 Å². The van der Waals surface area contributed by atoms with Crippen LogP contribution in [0.15, 0.2) is 18.2 Å². The molecular weight excluding hydrogens is 350 g/mol. The van der Waals surface area contributed by atoms with Gasteiger partial charge in [0.2, 0.25) is 5.91 Å². The van der Waals surface area contributed by atoms with Crippen LogP contribution in [0.5, 0.6) is 5.75 Å². The van der Waals surface area contributed by atoms with Crippen molar-refractivity contribution in [3.63, 3.8) is 0 Å². The number of amides is 2. The topological polar surface area (TPSA) is 88.2 Å². The second-order valence-corrected chi connectivity index (χ2v) is 6.73. The van der Waals surface area contributed by atoms with Crippen LogP contribution in [0.2, 0.25) is 0 Å². The Bertz CT molecular complexity index is 730. The van der Waals surface area contributed by atoms with Crippen LogP contribution in [0.1, 0.15) is 24.2 Å². The van der Waals surface area contributed by atoms with Crippen molar-refractivity contribution >= 4 is 23.3 Å². The smallest absolute Gasteiger partial charge is 0.268 e. The van der Waals surface area contributed by atoms with Crippen molar-refractivity contribution in [3.8, 4) is 5.75 Å². The lowest BCUT2D eigenvalue weighted by Crippen LogP contribution is -2.49. The Kier molecular flexibility index (Phi) is 6.08. The first-order valence-corrected chi connectivity index (χ1v) is 9.15. The third-order valence-electron chi connectivity index (χ3n) is 4.73. The van der Waals surface area contributed by atoms with Crippen LogP contribution in [0.25, 0.3) is 0 Å². The summed E-state index contributed by atoms with van der Waals surface area (Å²) in [5.74, 6) is -0.164. The number of nitrogens with one attached hydrogen (secondary N) is 1. The van der Waals surface area contributed by atoms with Crippen molar-refractivity contribution in [3.05, 3.63) is 23.8 Å². The van der Waals surface area contributed by atoms with E-state index in [0.29, 0.717) is 36.8 Å². The lowest BCUT2D eigenvalue weighted by molar-refractivity contribution is -0.128. The highest BCUT2D eigenvalue weighted by atomic mass is 16.5. The molecule has 0 spiro atoms. The van der Waals surface area contributed by atoms with Gasteiger partial charge in [-0.3, -0.25) is 24.2 Å². The monoisotopic (exact) mass is 375 g/mol. The lowest BCUT2D eigenvalue weighted by atomic mass is 10.1. The number of carbonyl (C=O) groups is 3. The highest BCUT2D eigenvalue weighted by Gasteiger charge is 2.33. The molecule has 1 N–H and O–H groups in total. The van der Waals surface area contributed by atoms with Crippen molar-refractivity contribution in [2.24, 2.45) is 0 Å². The fourth-order valence-electron chi connectivity index (χ4n) is 3.17. The molecule has 8 nitrogen and oxygen atoms in total. The predicted molar refractivity (Wildman–Crippen MR) is 99.2 cm³/mol. The summed E-state index contributed by atoms with van der Waals surface area (Å²) in [7, 11) is 0. The van der Waals surface area contributed by atoms with Crippen LogP contribution >= 0.6 is 0 Å². The minimum Gasteiger partial charge on any atom is -0.479 e. The summed E-state index contributed by atoms with van der Waals surface area (Å²) in [4.78, 5) is 40.2. The van der Waals surface area contributed by atoms with Gasteiger partial charge < -0.3 is 14.8 Å². The second-order valence-electron chi connectivity index (χ2n) is 6.73. The average Bonchev–Trinajstić information content (AvgIpc) is 2.66. The summed E-state index contributed by atoms with van der Waals surface area (Å²) in [5.41, 5.74) is 0.923. The molecule has 2 heterocycles. The number of rotatable bonds is 6. The number of anilines is 1. The van der Waals surface area contributed by atoms with Gasteiger partial charge in [0.1, 0.15) is 12.3 Å². The molecule has 0 aliphatic carbocycles. The minimum absolute atomic E-state index is 0.107. The maximum absolute atomic E-state index is 12.5. The van der Waals surface area contributed by atoms with Crippen LogP contribution in [-0.4, -0.2) is 74.5 Å². The highest BCUT2D eigenvalue weighted by Crippen LogP contribution is 2.34. The van der Waals surface area contributed by atoms with E-state index in [1.807, 2.05) is 0 Å². The Hall–Kier alpha value is -2.45. The predicted octanol–water partition coefficient (Wildman–Crippen LogP) is 0.452. The molecule has 2 aliphatic rings. The van der Waals surface area contributed by atoms with E-state index in [-0.39, 0.29) is 24.1 Å². The molecule has 27 heavy (non-hydrogen) atoms. The van der Waals surface area contributed by atoms with Crippen LogP contribution in [0.3, 0.4) is 0 Å². The Balaban J connectivity index is 1.64. The van der Waals surface area contributed by atoms with Crippen molar-refractivity contribution in [2.75, 3.05) is 50.8 Å². The summed E-state index contributed by atoms with van der Waals surface area (Å²) in [6.45, 7) is 7.39. The van der Waals surface area contributed by atoms with Gasteiger partial charge >= 0.3 is 0 Å². The first-order chi connectivity index (χ1) is 13.0. The third-order valence-corrected chi connectivity index (χ3v) is 4.73. The van der Waals surface area contributed by atoms with Crippen molar-refractivity contribution in [2.45, 2.75) is 20.0 Å². The maximum atomic E-state index is 12.5. The van der Waals surface area contributed by atoms with Crippen LogP contribution in [-0.2, 0) is 14.3 Å². The summed E-state index contributed by atoms with van der Waals surface area (Å²) in [6.07, 6.45) is -0.679. The molecule has 0 aromatic heterocycles. The first kappa shape index (κ1) is 19.3. The average molecular weight is 375 g/mol. The van der Waals surface area contributed by atoms with Crippen molar-refractivity contribution in [1.29, 1.82) is 0 Å². The van der Waals surface area contributed by atoms with Gasteiger partial charge in [-0.1, -0.05) is 0 Å². The van der Waals surface area contributed by atoms with E-state index in [4.69, 9.17) is 9.47 Å². The molecule has 1 atom stereocenters. The van der Waals surface area contributed by atoms with Gasteiger partial charge in [0.05, 0.1) is 18.9 Å². The molecule has 2 amide bonds. The number of Topliss-reactive ketones (excluding diaryl/α,β-unsaturated/α-hetero) is 1. The molecule has 2 aliphatic heterocycles. The molecule has 1 aromatic rings. The van der Waals surface area contributed by atoms with Crippen molar-refractivity contribution in [1.82, 2.24) is 10.2 Å². The van der Waals surface area contributed by atoms with Gasteiger partial charge in [0.15, 0.2) is 11.9 Å². The standard InChI is InChI=1S/C19H25N3O5/c1-13(23)15-3-4-17-16(11-15)22(19(25)14(2)27-17)12-18(24)20-5-6-21-7-9-26-10-8-21/h3-4,11,14H,5-10,12H2,1-2H3,(H,20,24). The molecule has 1 aromatic carbocycles. The largest absolute Gasteiger partial charge is 0.479 e. The number of morpholine rings is 1. The maximum Gasteiger partial charge on any atom is 0.268 e. The summed E-state index contributed by atoms with van der Waals surface area (Å²) in [5, 5.41) is 2.86. The van der Waals surface area contributed by atoms with Gasteiger partial charge in [-0.2, -0.15) is 0 Å². The van der Waals surface area contributed by atoms with E-state index in [0.717, 1.165) is 19.6 Å². The van der Waals surface area contributed by atoms with Gasteiger partial charge in [0, 0.05) is 31.7 Å². The van der Waals surface area contributed by atoms with E-state index < -0.39 is 6.10 Å². The molecule has 8 heteroatoms. The Morgan fingerprint density at radius 2 is 2.00 bits per heavy atom. The molecule has 1 fully saturated rings. The molecular formula is C19H25N3O5. The molecule has 1 saturated heterocycles. The Labute approximate surface area is 158 Å². The zero-order valence-electron chi connectivity index (χ0n) is 15.7. The van der Waals surface area contributed by atoms with Crippen LogP contribution < -0.4 is 15.0 Å². The number of carbonyl (C=O) groups excluding carboxylic acids is 3. The Morgan fingerprint density at radius 3 is 2.70 bits per heavy atom. The molecule has 146 valence electrons. The molecule has 3 rings (SSSR count). The fourth-order valence-corrected chi connectivity index (χ4v) is 3.17. The molecule has 0 radical (unpaired) electrons. The summed E-state index contributed by atoms with van der Waals surface area (Å²) >= 11 is 0. The number of benzene rings is 1.